The third kappa shape index (κ3) is 4.28. The Morgan fingerprint density at radius 3 is 2.80 bits per heavy atom. The smallest absolute Gasteiger partial charge is 0.309 e. The quantitative estimate of drug-likeness (QED) is 0.781. The van der Waals surface area contributed by atoms with Gasteiger partial charge in [0.1, 0.15) is 0 Å². The molecule has 1 aliphatic rings. The van der Waals surface area contributed by atoms with E-state index in [1.165, 1.54) is 11.8 Å². The molecule has 20 heavy (non-hydrogen) atoms. The summed E-state index contributed by atoms with van der Waals surface area (Å²) in [7, 11) is 0. The van der Waals surface area contributed by atoms with E-state index in [1.54, 1.807) is 11.8 Å². The number of carbonyl (C=O) groups is 2. The van der Waals surface area contributed by atoms with E-state index in [1.807, 2.05) is 37.3 Å². The molecule has 0 saturated carbocycles. The van der Waals surface area contributed by atoms with Crippen LogP contribution in [0.2, 0.25) is 0 Å². The highest BCUT2D eigenvalue weighted by Crippen LogP contribution is 2.34. The number of carbonyl (C=O) groups excluding carboxylic acids is 2. The Balaban J connectivity index is 1.76. The number of esters is 1. The van der Waals surface area contributed by atoms with E-state index >= 15 is 0 Å². The fraction of sp³-hybridized carbons (Fsp3) is 0.467. The molecule has 0 bridgehead atoms. The lowest BCUT2D eigenvalue weighted by molar-refractivity contribution is -0.147. The van der Waals surface area contributed by atoms with Crippen LogP contribution in [-0.2, 0) is 9.53 Å². The third-order valence-corrected chi connectivity index (χ3v) is 5.81. The van der Waals surface area contributed by atoms with Gasteiger partial charge in [-0.1, -0.05) is 42.1 Å². The second-order valence-corrected chi connectivity index (χ2v) is 6.93. The number of thioether (sulfide) groups is 2. The lowest BCUT2D eigenvalue weighted by atomic mass is 10.1. The average Bonchev–Trinajstić information content (AvgIpc) is 2.95. The summed E-state index contributed by atoms with van der Waals surface area (Å²) in [5.41, 5.74) is 0.738. The topological polar surface area (TPSA) is 43.4 Å². The van der Waals surface area contributed by atoms with Crippen LogP contribution >= 0.6 is 23.5 Å². The summed E-state index contributed by atoms with van der Waals surface area (Å²) in [5.74, 6) is 1.47. The fourth-order valence-electron chi connectivity index (χ4n) is 2.07. The number of hydrogen-bond acceptors (Lipinski definition) is 5. The maximum Gasteiger partial charge on any atom is 0.309 e. The minimum absolute atomic E-state index is 0.00243. The van der Waals surface area contributed by atoms with Crippen LogP contribution in [0.3, 0.4) is 0 Å². The van der Waals surface area contributed by atoms with Gasteiger partial charge in [-0.05, 0) is 13.3 Å². The molecule has 0 aromatic heterocycles. The van der Waals surface area contributed by atoms with Gasteiger partial charge in [-0.3, -0.25) is 9.59 Å². The summed E-state index contributed by atoms with van der Waals surface area (Å²) in [6.07, 6.45) is 0.818. The summed E-state index contributed by atoms with van der Waals surface area (Å²) in [4.78, 5) is 23.6. The van der Waals surface area contributed by atoms with Crippen LogP contribution < -0.4 is 0 Å². The van der Waals surface area contributed by atoms with E-state index < -0.39 is 0 Å². The number of rotatable bonds is 5. The van der Waals surface area contributed by atoms with Crippen LogP contribution in [0.15, 0.2) is 30.3 Å². The van der Waals surface area contributed by atoms with Crippen molar-refractivity contribution in [2.24, 2.45) is 5.92 Å². The second-order valence-electron chi connectivity index (χ2n) is 4.60. The van der Waals surface area contributed by atoms with Crippen LogP contribution in [0.4, 0.5) is 0 Å². The monoisotopic (exact) mass is 310 g/mol. The van der Waals surface area contributed by atoms with Crippen molar-refractivity contribution in [3.63, 3.8) is 0 Å². The SMILES string of the molecule is CCOC(=O)C1CSC(CSC(=O)c2ccccc2)C1. The predicted molar refractivity (Wildman–Crippen MR) is 84.2 cm³/mol. The molecular weight excluding hydrogens is 292 g/mol. The molecule has 0 aliphatic carbocycles. The van der Waals surface area contributed by atoms with Crippen LogP contribution in [0.25, 0.3) is 0 Å². The van der Waals surface area contributed by atoms with Gasteiger partial charge in [0.25, 0.3) is 0 Å². The lowest BCUT2D eigenvalue weighted by Crippen LogP contribution is -2.18. The first kappa shape index (κ1) is 15.4. The zero-order valence-corrected chi connectivity index (χ0v) is 13.0. The molecule has 1 aromatic rings. The van der Waals surface area contributed by atoms with Gasteiger partial charge >= 0.3 is 5.97 Å². The minimum atomic E-state index is -0.0955. The standard InChI is InChI=1S/C15H18O3S2/c1-2-18-14(16)12-8-13(19-9-12)10-20-15(17)11-6-4-3-5-7-11/h3-7,12-13H,2,8-10H2,1H3. The summed E-state index contributed by atoms with van der Waals surface area (Å²) < 4.78 is 5.04. The van der Waals surface area contributed by atoms with E-state index in [0.717, 1.165) is 23.5 Å². The first-order chi connectivity index (χ1) is 9.70. The van der Waals surface area contributed by atoms with Gasteiger partial charge in [-0.15, -0.1) is 0 Å². The highest BCUT2D eigenvalue weighted by molar-refractivity contribution is 8.15. The van der Waals surface area contributed by atoms with Crippen molar-refractivity contribution in [2.45, 2.75) is 18.6 Å². The Bertz CT molecular complexity index is 461. The normalized spacial score (nSPS) is 21.6. The van der Waals surface area contributed by atoms with Crippen molar-refractivity contribution in [2.75, 3.05) is 18.1 Å². The van der Waals surface area contributed by atoms with Gasteiger partial charge in [0.15, 0.2) is 0 Å². The van der Waals surface area contributed by atoms with E-state index in [-0.39, 0.29) is 17.0 Å². The van der Waals surface area contributed by atoms with E-state index in [4.69, 9.17) is 4.74 Å². The van der Waals surface area contributed by atoms with Crippen LogP contribution in [0.1, 0.15) is 23.7 Å². The maximum absolute atomic E-state index is 12.0. The summed E-state index contributed by atoms with van der Waals surface area (Å²) in [6, 6.07) is 9.30. The zero-order chi connectivity index (χ0) is 14.4. The molecule has 5 heteroatoms. The highest BCUT2D eigenvalue weighted by Gasteiger charge is 2.31. The number of ether oxygens (including phenoxy) is 1. The molecule has 1 fully saturated rings. The molecule has 0 N–H and O–H groups in total. The summed E-state index contributed by atoms with van der Waals surface area (Å²) >= 11 is 3.11. The van der Waals surface area contributed by atoms with Gasteiger partial charge in [-0.25, -0.2) is 0 Å². The van der Waals surface area contributed by atoms with E-state index in [9.17, 15) is 9.59 Å². The molecule has 1 heterocycles. The number of benzene rings is 1. The fourth-order valence-corrected chi connectivity index (χ4v) is 4.58. The Hall–Kier alpha value is -0.940. The highest BCUT2D eigenvalue weighted by atomic mass is 32.2. The molecule has 0 radical (unpaired) electrons. The minimum Gasteiger partial charge on any atom is -0.466 e. The third-order valence-electron chi connectivity index (χ3n) is 3.11. The second kappa shape index (κ2) is 7.74. The molecule has 2 rings (SSSR count). The first-order valence-corrected chi connectivity index (χ1v) is 8.74. The Morgan fingerprint density at radius 2 is 2.10 bits per heavy atom. The van der Waals surface area contributed by atoms with Gasteiger partial charge in [-0.2, -0.15) is 11.8 Å². The van der Waals surface area contributed by atoms with Crippen molar-refractivity contribution in [1.29, 1.82) is 0 Å². The molecule has 2 unspecified atom stereocenters. The molecule has 108 valence electrons. The molecular formula is C15H18O3S2. The van der Waals surface area contributed by atoms with Crippen molar-refractivity contribution >= 4 is 34.6 Å². The molecule has 2 atom stereocenters. The van der Waals surface area contributed by atoms with Gasteiger partial charge < -0.3 is 4.74 Å². The van der Waals surface area contributed by atoms with Crippen LogP contribution in [0, 0.1) is 5.92 Å². The summed E-state index contributed by atoms with van der Waals surface area (Å²) in [5, 5.41) is 0.466. The lowest BCUT2D eigenvalue weighted by Gasteiger charge is -2.09. The van der Waals surface area contributed by atoms with Gasteiger partial charge in [0.2, 0.25) is 5.12 Å². The van der Waals surface area contributed by atoms with Crippen LogP contribution in [0.5, 0.6) is 0 Å². The molecule has 1 aromatic carbocycles. The molecule has 0 spiro atoms. The van der Waals surface area contributed by atoms with Gasteiger partial charge in [0, 0.05) is 22.3 Å². The summed E-state index contributed by atoms with van der Waals surface area (Å²) in [6.45, 7) is 2.26. The predicted octanol–water partition coefficient (Wildman–Crippen LogP) is 3.24. The molecule has 0 amide bonds. The Kier molecular flexibility index (Phi) is 5.98. The molecule has 3 nitrogen and oxygen atoms in total. The van der Waals surface area contributed by atoms with E-state index in [2.05, 4.69) is 0 Å². The van der Waals surface area contributed by atoms with Crippen molar-refractivity contribution in [1.82, 2.24) is 0 Å². The van der Waals surface area contributed by atoms with Crippen molar-refractivity contribution < 1.29 is 14.3 Å². The van der Waals surface area contributed by atoms with Crippen LogP contribution in [-0.4, -0.2) is 34.4 Å². The maximum atomic E-state index is 12.0. The largest absolute Gasteiger partial charge is 0.466 e. The molecule has 1 saturated heterocycles. The van der Waals surface area contributed by atoms with E-state index in [0.29, 0.717) is 11.9 Å². The average molecular weight is 310 g/mol. The van der Waals surface area contributed by atoms with Gasteiger partial charge in [0.05, 0.1) is 12.5 Å². The Morgan fingerprint density at radius 1 is 1.35 bits per heavy atom. The molecule has 1 aliphatic heterocycles. The first-order valence-electron chi connectivity index (χ1n) is 6.71. The van der Waals surface area contributed by atoms with Crippen molar-refractivity contribution in [3.8, 4) is 0 Å². The number of hydrogen-bond donors (Lipinski definition) is 0. The van der Waals surface area contributed by atoms with Crippen molar-refractivity contribution in [3.05, 3.63) is 35.9 Å². The Labute approximate surface area is 127 Å². The zero-order valence-electron chi connectivity index (χ0n) is 11.4.